The molecule has 23 heavy (non-hydrogen) atoms. The molecule has 0 N–H and O–H groups in total. The van der Waals surface area contributed by atoms with Gasteiger partial charge in [-0.05, 0) is 32.0 Å². The van der Waals surface area contributed by atoms with Crippen LogP contribution in [0, 0.1) is 0 Å². The summed E-state index contributed by atoms with van der Waals surface area (Å²) in [4.78, 5) is 29.5. The smallest absolute Gasteiger partial charge is 0.261 e. The van der Waals surface area contributed by atoms with Crippen LogP contribution in [0.15, 0.2) is 23.0 Å². The molecule has 8 heteroatoms. The zero-order valence-corrected chi connectivity index (χ0v) is 15.2. The molecule has 0 aliphatic heterocycles. The van der Waals surface area contributed by atoms with Crippen molar-refractivity contribution in [1.82, 2.24) is 14.5 Å². The van der Waals surface area contributed by atoms with Crippen LogP contribution in [0.1, 0.15) is 25.7 Å². The fourth-order valence-electron chi connectivity index (χ4n) is 2.52. The summed E-state index contributed by atoms with van der Waals surface area (Å²) in [6, 6.07) is 4.47. The highest BCUT2D eigenvalue weighted by Crippen LogP contribution is 2.23. The molecule has 2 aromatic rings. The number of fused-ring (bicyclic) bond motifs is 1. The van der Waals surface area contributed by atoms with Crippen molar-refractivity contribution in [2.45, 2.75) is 24.7 Å². The van der Waals surface area contributed by atoms with Crippen LogP contribution in [-0.4, -0.2) is 31.7 Å². The lowest BCUT2D eigenvalue weighted by Crippen LogP contribution is -2.39. The van der Waals surface area contributed by atoms with Crippen LogP contribution >= 0.6 is 34.8 Å². The first kappa shape index (κ1) is 18.0. The van der Waals surface area contributed by atoms with Crippen LogP contribution < -0.4 is 5.56 Å². The zero-order chi connectivity index (χ0) is 17.3. The molecule has 124 valence electrons. The van der Waals surface area contributed by atoms with Crippen molar-refractivity contribution >= 4 is 51.6 Å². The van der Waals surface area contributed by atoms with E-state index in [0.717, 1.165) is 0 Å². The van der Waals surface area contributed by atoms with E-state index in [-0.39, 0.29) is 5.56 Å². The molecule has 1 atom stereocenters. The molecule has 5 nitrogen and oxygen atoms in total. The van der Waals surface area contributed by atoms with E-state index in [2.05, 4.69) is 4.98 Å². The monoisotopic (exact) mass is 375 g/mol. The maximum absolute atomic E-state index is 12.5. The number of rotatable bonds is 4. The van der Waals surface area contributed by atoms with Gasteiger partial charge in [0, 0.05) is 18.6 Å². The van der Waals surface area contributed by atoms with Crippen molar-refractivity contribution in [3.8, 4) is 0 Å². The molecule has 0 bridgehead atoms. The van der Waals surface area contributed by atoms with Crippen molar-refractivity contribution < 1.29 is 4.79 Å². The predicted molar refractivity (Wildman–Crippen MR) is 93.3 cm³/mol. The minimum absolute atomic E-state index is 0.226. The third-order valence-electron chi connectivity index (χ3n) is 3.72. The SMILES string of the molecule is CCN(C(=O)C(Cl)Cl)C(C)c1nc2ccc(Cl)cc2c(=O)n1C. The lowest BCUT2D eigenvalue weighted by atomic mass is 10.2. The Morgan fingerprint density at radius 1 is 1.39 bits per heavy atom. The fourth-order valence-corrected chi connectivity index (χ4v) is 2.94. The quantitative estimate of drug-likeness (QED) is 0.769. The highest BCUT2D eigenvalue weighted by atomic mass is 35.5. The highest BCUT2D eigenvalue weighted by molar-refractivity contribution is 6.53. The van der Waals surface area contributed by atoms with Gasteiger partial charge >= 0.3 is 0 Å². The van der Waals surface area contributed by atoms with E-state index in [1.54, 1.807) is 32.2 Å². The second-order valence-electron chi connectivity index (χ2n) is 5.10. The predicted octanol–water partition coefficient (Wildman–Crippen LogP) is 3.30. The Labute approximate surface area is 148 Å². The van der Waals surface area contributed by atoms with Gasteiger partial charge in [0.05, 0.1) is 16.9 Å². The number of nitrogens with zero attached hydrogens (tertiary/aromatic N) is 3. The van der Waals surface area contributed by atoms with Crippen molar-refractivity contribution in [3.05, 3.63) is 39.4 Å². The third kappa shape index (κ3) is 3.47. The van der Waals surface area contributed by atoms with Gasteiger partial charge in [0.25, 0.3) is 11.5 Å². The third-order valence-corrected chi connectivity index (χ3v) is 4.33. The van der Waals surface area contributed by atoms with Crippen LogP contribution in [0.25, 0.3) is 10.9 Å². The lowest BCUT2D eigenvalue weighted by Gasteiger charge is -2.29. The largest absolute Gasteiger partial charge is 0.331 e. The number of alkyl halides is 2. The number of hydrogen-bond acceptors (Lipinski definition) is 3. The molecule has 0 spiro atoms. The van der Waals surface area contributed by atoms with Crippen molar-refractivity contribution in [1.29, 1.82) is 0 Å². The van der Waals surface area contributed by atoms with Gasteiger partial charge in [0.1, 0.15) is 5.82 Å². The summed E-state index contributed by atoms with van der Waals surface area (Å²) in [5.41, 5.74) is 0.298. The van der Waals surface area contributed by atoms with E-state index in [9.17, 15) is 9.59 Å². The maximum atomic E-state index is 12.5. The van der Waals surface area contributed by atoms with Gasteiger partial charge in [-0.2, -0.15) is 0 Å². The zero-order valence-electron chi connectivity index (χ0n) is 12.9. The molecule has 0 aliphatic rings. The second kappa shape index (κ2) is 7.07. The summed E-state index contributed by atoms with van der Waals surface area (Å²) in [5.74, 6) is 0.0304. The molecule has 1 heterocycles. The van der Waals surface area contributed by atoms with Crippen LogP contribution in [0.2, 0.25) is 5.02 Å². The van der Waals surface area contributed by atoms with Gasteiger partial charge < -0.3 is 4.90 Å². The molecule has 0 aliphatic carbocycles. The highest BCUT2D eigenvalue weighted by Gasteiger charge is 2.27. The van der Waals surface area contributed by atoms with Crippen molar-refractivity contribution in [2.24, 2.45) is 7.05 Å². The normalized spacial score (nSPS) is 12.7. The van der Waals surface area contributed by atoms with E-state index in [1.165, 1.54) is 9.47 Å². The summed E-state index contributed by atoms with van der Waals surface area (Å²) in [5, 5.41) is 0.896. The van der Waals surface area contributed by atoms with Gasteiger partial charge in [0.2, 0.25) is 0 Å². The molecule has 0 radical (unpaired) electrons. The molecule has 2 rings (SSSR count). The van der Waals surface area contributed by atoms with Crippen LogP contribution in [0.5, 0.6) is 0 Å². The van der Waals surface area contributed by atoms with E-state index in [0.29, 0.717) is 28.3 Å². The maximum Gasteiger partial charge on any atom is 0.261 e. The molecule has 1 amide bonds. The van der Waals surface area contributed by atoms with E-state index in [4.69, 9.17) is 34.8 Å². The molecule has 1 unspecified atom stereocenters. The first-order chi connectivity index (χ1) is 10.8. The van der Waals surface area contributed by atoms with Gasteiger partial charge in [0.15, 0.2) is 4.84 Å². The summed E-state index contributed by atoms with van der Waals surface area (Å²) >= 11 is 17.3. The summed E-state index contributed by atoms with van der Waals surface area (Å²) in [7, 11) is 1.61. The number of aromatic nitrogens is 2. The van der Waals surface area contributed by atoms with Crippen molar-refractivity contribution in [3.63, 3.8) is 0 Å². The van der Waals surface area contributed by atoms with Gasteiger partial charge in [-0.25, -0.2) is 4.98 Å². The number of benzene rings is 1. The second-order valence-corrected chi connectivity index (χ2v) is 6.63. The topological polar surface area (TPSA) is 55.2 Å². The molecule has 1 aromatic heterocycles. The number of amides is 1. The van der Waals surface area contributed by atoms with E-state index < -0.39 is 16.8 Å². The Hall–Kier alpha value is -1.30. The Kier molecular flexibility index (Phi) is 5.55. The molecular weight excluding hydrogens is 361 g/mol. The van der Waals surface area contributed by atoms with Crippen LogP contribution in [0.3, 0.4) is 0 Å². The minimum Gasteiger partial charge on any atom is -0.331 e. The molecule has 0 saturated heterocycles. The van der Waals surface area contributed by atoms with Gasteiger partial charge in [-0.1, -0.05) is 34.8 Å². The average Bonchev–Trinajstić information content (AvgIpc) is 2.51. The number of carbonyl (C=O) groups is 1. The number of hydrogen-bond donors (Lipinski definition) is 0. The molecule has 0 saturated carbocycles. The lowest BCUT2D eigenvalue weighted by molar-refractivity contribution is -0.131. The van der Waals surface area contributed by atoms with Gasteiger partial charge in [-0.15, -0.1) is 0 Å². The first-order valence-corrected chi connectivity index (χ1v) is 8.27. The summed E-state index contributed by atoms with van der Waals surface area (Å²) in [6.45, 7) is 3.98. The summed E-state index contributed by atoms with van der Waals surface area (Å²) in [6.07, 6.45) is 0. The Balaban J connectivity index is 2.59. The first-order valence-electron chi connectivity index (χ1n) is 7.02. The van der Waals surface area contributed by atoms with Crippen molar-refractivity contribution in [2.75, 3.05) is 6.54 Å². The Morgan fingerprint density at radius 2 is 2.04 bits per heavy atom. The van der Waals surface area contributed by atoms with Gasteiger partial charge in [-0.3, -0.25) is 14.2 Å². The molecular formula is C15H16Cl3N3O2. The van der Waals surface area contributed by atoms with E-state index in [1.807, 2.05) is 6.92 Å². The molecule has 1 aromatic carbocycles. The fraction of sp³-hybridized carbons (Fsp3) is 0.400. The number of halogens is 3. The Bertz CT molecular complexity index is 804. The van der Waals surface area contributed by atoms with Crippen LogP contribution in [-0.2, 0) is 11.8 Å². The molecule has 0 fully saturated rings. The Morgan fingerprint density at radius 3 is 2.61 bits per heavy atom. The minimum atomic E-state index is -1.16. The van der Waals surface area contributed by atoms with E-state index >= 15 is 0 Å². The number of carbonyl (C=O) groups excluding carboxylic acids is 1. The standard InChI is InChI=1S/C15H16Cl3N3O2/c1-4-21(15(23)12(17)18)8(2)13-19-11-6-5-9(16)7-10(11)14(22)20(13)3/h5-8,12H,4H2,1-3H3. The average molecular weight is 377 g/mol. The summed E-state index contributed by atoms with van der Waals surface area (Å²) < 4.78 is 1.41. The van der Waals surface area contributed by atoms with Crippen LogP contribution in [0.4, 0.5) is 0 Å².